The predicted molar refractivity (Wildman–Crippen MR) is 77.8 cm³/mol. The van der Waals surface area contributed by atoms with Crippen molar-refractivity contribution in [3.05, 3.63) is 28.3 Å². The van der Waals surface area contributed by atoms with Crippen LogP contribution in [0.2, 0.25) is 0 Å². The Kier molecular flexibility index (Phi) is 4.98. The number of rotatable bonds is 6. The summed E-state index contributed by atoms with van der Waals surface area (Å²) in [6, 6.07) is 4.90. The van der Waals surface area contributed by atoms with Crippen LogP contribution in [0.4, 0.5) is 11.4 Å². The number of benzene rings is 1. The summed E-state index contributed by atoms with van der Waals surface area (Å²) in [5, 5.41) is 24.2. The second-order valence-electron chi connectivity index (χ2n) is 5.02. The predicted octanol–water partition coefficient (Wildman–Crippen LogP) is 1.95. The largest absolute Gasteiger partial charge is 0.487 e. The molecule has 7 nitrogen and oxygen atoms in total. The molecule has 0 radical (unpaired) electrons. The summed E-state index contributed by atoms with van der Waals surface area (Å²) < 4.78 is 10.6. The number of nitrogens with one attached hydrogen (secondary N) is 1. The molecule has 1 saturated heterocycles. The summed E-state index contributed by atoms with van der Waals surface area (Å²) in [7, 11) is 0. The first-order valence-corrected chi connectivity index (χ1v) is 6.99. The fraction of sp³-hybridized carbons (Fsp3) is 0.571. The number of nitrogens with zero attached hydrogens (tertiary/aromatic N) is 1. The molecule has 21 heavy (non-hydrogen) atoms. The molecule has 1 aromatic carbocycles. The summed E-state index contributed by atoms with van der Waals surface area (Å²) >= 11 is 0. The van der Waals surface area contributed by atoms with Gasteiger partial charge in [-0.05, 0) is 31.9 Å². The highest BCUT2D eigenvalue weighted by Gasteiger charge is 2.34. The van der Waals surface area contributed by atoms with Gasteiger partial charge in [-0.25, -0.2) is 0 Å². The highest BCUT2D eigenvalue weighted by atomic mass is 16.6. The van der Waals surface area contributed by atoms with E-state index in [2.05, 4.69) is 5.32 Å². The molecule has 2 N–H and O–H groups in total. The minimum atomic E-state index is -0.589. The Balaban J connectivity index is 2.34. The van der Waals surface area contributed by atoms with Gasteiger partial charge in [0, 0.05) is 13.2 Å². The third-order valence-electron chi connectivity index (χ3n) is 3.63. The van der Waals surface area contributed by atoms with E-state index in [1.807, 2.05) is 0 Å². The smallest absolute Gasteiger partial charge is 0.333 e. The van der Waals surface area contributed by atoms with Gasteiger partial charge in [0.25, 0.3) is 0 Å². The topological polar surface area (TPSA) is 93.9 Å². The Morgan fingerprint density at radius 2 is 2.19 bits per heavy atom. The molecule has 1 aromatic rings. The number of ether oxygens (including phenoxy) is 2. The summed E-state index contributed by atoms with van der Waals surface area (Å²) in [6.45, 7) is 3.06. The number of para-hydroxylation sites is 1. The van der Waals surface area contributed by atoms with Gasteiger partial charge in [-0.15, -0.1) is 0 Å². The maximum absolute atomic E-state index is 11.4. The van der Waals surface area contributed by atoms with E-state index in [1.54, 1.807) is 25.1 Å². The Labute approximate surface area is 123 Å². The van der Waals surface area contributed by atoms with E-state index in [0.29, 0.717) is 38.3 Å². The van der Waals surface area contributed by atoms with Gasteiger partial charge in [0.15, 0.2) is 5.75 Å². The summed E-state index contributed by atoms with van der Waals surface area (Å²) in [4.78, 5) is 10.9. The molecule has 0 aromatic heterocycles. The van der Waals surface area contributed by atoms with Gasteiger partial charge in [-0.2, -0.15) is 0 Å². The van der Waals surface area contributed by atoms with Gasteiger partial charge >= 0.3 is 5.69 Å². The number of hydrogen-bond donors (Lipinski definition) is 2. The van der Waals surface area contributed by atoms with Crippen LogP contribution in [0.1, 0.15) is 19.8 Å². The van der Waals surface area contributed by atoms with Gasteiger partial charge in [0.2, 0.25) is 0 Å². The first-order valence-electron chi connectivity index (χ1n) is 6.99. The van der Waals surface area contributed by atoms with Crippen LogP contribution in [-0.2, 0) is 4.74 Å². The number of aliphatic hydroxyl groups excluding tert-OH is 1. The maximum Gasteiger partial charge on any atom is 0.333 e. The first-order chi connectivity index (χ1) is 10.1. The van der Waals surface area contributed by atoms with Crippen LogP contribution in [0, 0.1) is 10.1 Å². The molecule has 0 atom stereocenters. The van der Waals surface area contributed by atoms with Crippen molar-refractivity contribution in [1.29, 1.82) is 0 Å². The van der Waals surface area contributed by atoms with Crippen molar-refractivity contribution in [2.75, 3.05) is 31.7 Å². The number of nitro groups is 1. The minimum absolute atomic E-state index is 0.0985. The second-order valence-corrected chi connectivity index (χ2v) is 5.02. The summed E-state index contributed by atoms with van der Waals surface area (Å²) in [5.74, 6) is 0.229. The highest BCUT2D eigenvalue weighted by Crippen LogP contribution is 2.37. The van der Waals surface area contributed by atoms with Crippen molar-refractivity contribution in [2.24, 2.45) is 0 Å². The molecule has 1 fully saturated rings. The zero-order chi connectivity index (χ0) is 15.3. The Bertz CT molecular complexity index is 500. The van der Waals surface area contributed by atoms with Crippen molar-refractivity contribution < 1.29 is 19.5 Å². The van der Waals surface area contributed by atoms with Crippen LogP contribution < -0.4 is 10.1 Å². The third-order valence-corrected chi connectivity index (χ3v) is 3.63. The lowest BCUT2D eigenvalue weighted by Gasteiger charge is -2.37. The van der Waals surface area contributed by atoms with Crippen molar-refractivity contribution in [1.82, 2.24) is 0 Å². The molecule has 1 aliphatic heterocycles. The van der Waals surface area contributed by atoms with E-state index in [4.69, 9.17) is 9.47 Å². The lowest BCUT2D eigenvalue weighted by molar-refractivity contribution is -0.385. The molecule has 1 aliphatic rings. The van der Waals surface area contributed by atoms with Gasteiger partial charge in [0.05, 0.1) is 23.7 Å². The van der Waals surface area contributed by atoms with Crippen molar-refractivity contribution in [3.63, 3.8) is 0 Å². The molecule has 0 unspecified atom stereocenters. The molecule has 1 heterocycles. The van der Waals surface area contributed by atoms with E-state index in [1.165, 1.54) is 0 Å². The van der Waals surface area contributed by atoms with Crippen molar-refractivity contribution >= 4 is 11.4 Å². The zero-order valence-corrected chi connectivity index (χ0v) is 12.0. The number of hydrogen-bond acceptors (Lipinski definition) is 6. The number of anilines is 1. The third kappa shape index (κ3) is 3.43. The Morgan fingerprint density at radius 1 is 1.48 bits per heavy atom. The van der Waals surface area contributed by atoms with E-state index >= 15 is 0 Å². The van der Waals surface area contributed by atoms with Gasteiger partial charge in [0.1, 0.15) is 5.69 Å². The summed E-state index contributed by atoms with van der Waals surface area (Å²) in [5.41, 5.74) is -0.325. The molecule has 116 valence electrons. The van der Waals surface area contributed by atoms with Crippen LogP contribution in [0.15, 0.2) is 18.2 Å². The SMILES string of the molecule is CCOc1cccc(NC2(CO)CCOCC2)c1[N+](=O)[O-]. The van der Waals surface area contributed by atoms with Crippen LogP contribution >= 0.6 is 0 Å². The quantitative estimate of drug-likeness (QED) is 0.615. The molecule has 0 amide bonds. The molecule has 0 aliphatic carbocycles. The average Bonchev–Trinajstić information content (AvgIpc) is 2.48. The Hall–Kier alpha value is -1.86. The number of aliphatic hydroxyl groups is 1. The lowest BCUT2D eigenvalue weighted by Crippen LogP contribution is -2.47. The van der Waals surface area contributed by atoms with E-state index in [9.17, 15) is 15.2 Å². The molecular weight excluding hydrogens is 276 g/mol. The van der Waals surface area contributed by atoms with Crippen LogP contribution in [0.3, 0.4) is 0 Å². The second kappa shape index (κ2) is 6.73. The maximum atomic E-state index is 11.4. The van der Waals surface area contributed by atoms with Crippen LogP contribution in [-0.4, -0.2) is 42.0 Å². The molecule has 0 bridgehead atoms. The fourth-order valence-corrected chi connectivity index (χ4v) is 2.45. The van der Waals surface area contributed by atoms with Crippen molar-refractivity contribution in [3.8, 4) is 5.75 Å². The number of nitro benzene ring substituents is 1. The normalized spacial score (nSPS) is 17.2. The van der Waals surface area contributed by atoms with E-state index < -0.39 is 10.5 Å². The molecular formula is C14H20N2O5. The van der Waals surface area contributed by atoms with Crippen molar-refractivity contribution in [2.45, 2.75) is 25.3 Å². The molecule has 7 heteroatoms. The standard InChI is InChI=1S/C14H20N2O5/c1-2-21-12-5-3-4-11(13(12)16(18)19)15-14(10-17)6-8-20-9-7-14/h3-5,15,17H,2,6-10H2,1H3. The fourth-order valence-electron chi connectivity index (χ4n) is 2.45. The zero-order valence-electron chi connectivity index (χ0n) is 12.0. The summed E-state index contributed by atoms with van der Waals surface area (Å²) in [6.07, 6.45) is 1.19. The lowest BCUT2D eigenvalue weighted by atomic mass is 9.90. The monoisotopic (exact) mass is 296 g/mol. The molecule has 0 saturated carbocycles. The minimum Gasteiger partial charge on any atom is -0.487 e. The van der Waals surface area contributed by atoms with Gasteiger partial charge < -0.3 is 19.9 Å². The highest BCUT2D eigenvalue weighted by molar-refractivity contribution is 5.69. The van der Waals surface area contributed by atoms with Gasteiger partial charge in [-0.1, -0.05) is 6.07 Å². The van der Waals surface area contributed by atoms with Gasteiger partial charge in [-0.3, -0.25) is 10.1 Å². The van der Waals surface area contributed by atoms with Crippen LogP contribution in [0.25, 0.3) is 0 Å². The molecule has 2 rings (SSSR count). The molecule has 0 spiro atoms. The Morgan fingerprint density at radius 3 is 2.76 bits per heavy atom. The first kappa shape index (κ1) is 15.5. The average molecular weight is 296 g/mol. The van der Waals surface area contributed by atoms with Crippen LogP contribution in [0.5, 0.6) is 5.75 Å². The van der Waals surface area contributed by atoms with E-state index in [0.717, 1.165) is 0 Å². The van der Waals surface area contributed by atoms with E-state index in [-0.39, 0.29) is 18.0 Å².